The molecule has 4 N–H and O–H groups in total. The number of aryl methyl sites for hydroxylation is 2. The van der Waals surface area contributed by atoms with Crippen molar-refractivity contribution in [2.75, 3.05) is 4.90 Å². The van der Waals surface area contributed by atoms with Gasteiger partial charge in [-0.15, -0.1) is 0 Å². The summed E-state index contributed by atoms with van der Waals surface area (Å²) in [4.78, 5) is 12.8. The highest BCUT2D eigenvalue weighted by molar-refractivity contribution is 6.08. The second-order valence-corrected chi connectivity index (χ2v) is 4.75. The number of hydrogen-bond acceptors (Lipinski definition) is 2. The van der Waals surface area contributed by atoms with E-state index in [4.69, 9.17) is 11.1 Å². The molecule has 0 bridgehead atoms. The fraction of sp³-hybridized carbons (Fsp3) is 0.125. The average Bonchev–Trinajstić information content (AvgIpc) is 2.42. The molecule has 0 radical (unpaired) electrons. The highest BCUT2D eigenvalue weighted by Gasteiger charge is 2.19. The van der Waals surface area contributed by atoms with E-state index >= 15 is 0 Å². The third-order valence-corrected chi connectivity index (χ3v) is 3.18. The number of primary amides is 1. The number of guanidine groups is 1. The zero-order valence-electron chi connectivity index (χ0n) is 12.1. The zero-order chi connectivity index (χ0) is 15.4. The first-order valence-electron chi connectivity index (χ1n) is 6.57. The van der Waals surface area contributed by atoms with Gasteiger partial charge in [-0.1, -0.05) is 36.4 Å². The SMILES string of the molecule is Cc1ccccc1N(C(=N)NC(N)=O)c1ccccc1C. The van der Waals surface area contributed by atoms with Crippen LogP contribution >= 0.6 is 0 Å². The zero-order valence-corrected chi connectivity index (χ0v) is 12.1. The van der Waals surface area contributed by atoms with Crippen LogP contribution in [0.25, 0.3) is 0 Å². The summed E-state index contributed by atoms with van der Waals surface area (Å²) < 4.78 is 0. The third-order valence-electron chi connectivity index (χ3n) is 3.18. The maximum atomic E-state index is 11.1. The number of carbonyl (C=O) groups is 1. The molecule has 0 aliphatic heterocycles. The van der Waals surface area contributed by atoms with E-state index in [0.717, 1.165) is 22.5 Å². The molecule has 0 aliphatic carbocycles. The molecular formula is C16H18N4O. The van der Waals surface area contributed by atoms with Gasteiger partial charge in [0.15, 0.2) is 0 Å². The van der Waals surface area contributed by atoms with Gasteiger partial charge in [-0.2, -0.15) is 0 Å². The summed E-state index contributed by atoms with van der Waals surface area (Å²) in [5.74, 6) is -0.0777. The number of carbonyl (C=O) groups excluding carboxylic acids is 1. The van der Waals surface area contributed by atoms with E-state index in [9.17, 15) is 4.79 Å². The van der Waals surface area contributed by atoms with Crippen molar-refractivity contribution in [1.82, 2.24) is 5.32 Å². The molecule has 5 heteroatoms. The van der Waals surface area contributed by atoms with Gasteiger partial charge in [0.05, 0.1) is 11.4 Å². The Hall–Kier alpha value is -2.82. The molecule has 5 nitrogen and oxygen atoms in total. The molecule has 0 atom stereocenters. The minimum absolute atomic E-state index is 0.0777. The number of nitrogens with zero attached hydrogens (tertiary/aromatic N) is 1. The number of amides is 2. The van der Waals surface area contributed by atoms with Gasteiger partial charge in [-0.25, -0.2) is 4.79 Å². The Morgan fingerprint density at radius 2 is 1.43 bits per heavy atom. The van der Waals surface area contributed by atoms with Crippen molar-refractivity contribution in [3.8, 4) is 0 Å². The number of benzene rings is 2. The lowest BCUT2D eigenvalue weighted by Crippen LogP contribution is -2.44. The van der Waals surface area contributed by atoms with Gasteiger partial charge in [0.25, 0.3) is 0 Å². The number of nitrogens with two attached hydrogens (primary N) is 1. The maximum absolute atomic E-state index is 11.1. The molecule has 2 amide bonds. The van der Waals surface area contributed by atoms with E-state index in [1.807, 2.05) is 62.4 Å². The molecule has 108 valence electrons. The van der Waals surface area contributed by atoms with Crippen LogP contribution in [0.15, 0.2) is 48.5 Å². The Kier molecular flexibility index (Phi) is 4.23. The molecular weight excluding hydrogens is 264 g/mol. The maximum Gasteiger partial charge on any atom is 0.318 e. The summed E-state index contributed by atoms with van der Waals surface area (Å²) in [5.41, 5.74) is 8.79. The van der Waals surface area contributed by atoms with E-state index in [1.54, 1.807) is 4.90 Å². The summed E-state index contributed by atoms with van der Waals surface area (Å²) >= 11 is 0. The smallest absolute Gasteiger partial charge is 0.318 e. The number of para-hydroxylation sites is 2. The van der Waals surface area contributed by atoms with Crippen LogP contribution in [0.3, 0.4) is 0 Å². The molecule has 2 aromatic rings. The molecule has 2 rings (SSSR count). The van der Waals surface area contributed by atoms with Crippen LogP contribution in [0, 0.1) is 19.3 Å². The van der Waals surface area contributed by atoms with Crippen LogP contribution in [0.5, 0.6) is 0 Å². The van der Waals surface area contributed by atoms with E-state index < -0.39 is 6.03 Å². The molecule has 0 saturated carbocycles. The highest BCUT2D eigenvalue weighted by Crippen LogP contribution is 2.30. The second-order valence-electron chi connectivity index (χ2n) is 4.75. The Balaban J connectivity index is 2.55. The normalized spacial score (nSPS) is 10.0. The molecule has 0 aromatic heterocycles. The standard InChI is InChI=1S/C16H18N4O/c1-11-7-3-5-9-13(11)20(15(17)19-16(18)21)14-10-6-4-8-12(14)2/h3-10H,1-2H3,(H4,17,18,19,21). The fourth-order valence-electron chi connectivity index (χ4n) is 2.17. The Morgan fingerprint density at radius 3 is 1.81 bits per heavy atom. The first-order chi connectivity index (χ1) is 10.0. The predicted octanol–water partition coefficient (Wildman–Crippen LogP) is 3.04. The first-order valence-corrected chi connectivity index (χ1v) is 6.57. The third kappa shape index (κ3) is 3.20. The summed E-state index contributed by atoms with van der Waals surface area (Å²) in [6.07, 6.45) is 0. The van der Waals surface area contributed by atoms with E-state index in [0.29, 0.717) is 0 Å². The van der Waals surface area contributed by atoms with Gasteiger partial charge in [-0.05, 0) is 37.1 Å². The topological polar surface area (TPSA) is 82.2 Å². The second kappa shape index (κ2) is 6.09. The monoisotopic (exact) mass is 282 g/mol. The van der Waals surface area contributed by atoms with E-state index in [2.05, 4.69) is 5.32 Å². The van der Waals surface area contributed by atoms with Crippen molar-refractivity contribution < 1.29 is 4.79 Å². The predicted molar refractivity (Wildman–Crippen MR) is 84.9 cm³/mol. The highest BCUT2D eigenvalue weighted by atomic mass is 16.2. The lowest BCUT2D eigenvalue weighted by molar-refractivity contribution is 0.253. The molecule has 21 heavy (non-hydrogen) atoms. The first kappa shape index (κ1) is 14.6. The summed E-state index contributed by atoms with van der Waals surface area (Å²) in [7, 11) is 0. The van der Waals surface area contributed by atoms with Gasteiger partial charge < -0.3 is 5.73 Å². The lowest BCUT2D eigenvalue weighted by Gasteiger charge is -2.27. The largest absolute Gasteiger partial charge is 0.351 e. The Bertz CT molecular complexity index is 636. The number of nitrogens with one attached hydrogen (secondary N) is 2. The minimum atomic E-state index is -0.757. The van der Waals surface area contributed by atoms with Crippen LogP contribution < -0.4 is 16.0 Å². The lowest BCUT2D eigenvalue weighted by atomic mass is 10.1. The molecule has 0 heterocycles. The van der Waals surface area contributed by atoms with E-state index in [1.165, 1.54) is 0 Å². The molecule has 0 unspecified atom stereocenters. The van der Waals surface area contributed by atoms with Gasteiger partial charge >= 0.3 is 6.03 Å². The van der Waals surface area contributed by atoms with Crippen LogP contribution in [0.1, 0.15) is 11.1 Å². The average molecular weight is 282 g/mol. The van der Waals surface area contributed by atoms with Gasteiger partial charge in [0.1, 0.15) is 0 Å². The number of hydrogen-bond donors (Lipinski definition) is 3. The Morgan fingerprint density at radius 1 is 1.00 bits per heavy atom. The summed E-state index contributed by atoms with van der Waals surface area (Å²) in [5, 5.41) is 10.5. The number of anilines is 2. The summed E-state index contributed by atoms with van der Waals surface area (Å²) in [6.45, 7) is 3.91. The number of rotatable bonds is 2. The van der Waals surface area contributed by atoms with Crippen LogP contribution in [-0.2, 0) is 0 Å². The number of urea groups is 1. The fourth-order valence-corrected chi connectivity index (χ4v) is 2.17. The van der Waals surface area contributed by atoms with Gasteiger partial charge in [0.2, 0.25) is 5.96 Å². The molecule has 2 aromatic carbocycles. The molecule has 0 spiro atoms. The van der Waals surface area contributed by atoms with Gasteiger partial charge in [-0.3, -0.25) is 15.6 Å². The quantitative estimate of drug-likeness (QED) is 0.584. The van der Waals surface area contributed by atoms with Gasteiger partial charge in [0, 0.05) is 0 Å². The minimum Gasteiger partial charge on any atom is -0.351 e. The van der Waals surface area contributed by atoms with Crippen molar-refractivity contribution in [1.29, 1.82) is 5.41 Å². The van der Waals surface area contributed by atoms with E-state index in [-0.39, 0.29) is 5.96 Å². The molecule has 0 aliphatic rings. The van der Waals surface area contributed by atoms with Crippen molar-refractivity contribution >= 4 is 23.4 Å². The molecule has 0 saturated heterocycles. The van der Waals surface area contributed by atoms with Crippen molar-refractivity contribution in [2.45, 2.75) is 13.8 Å². The summed E-state index contributed by atoms with van der Waals surface area (Å²) in [6, 6.07) is 14.6. The molecule has 0 fully saturated rings. The van der Waals surface area contributed by atoms with Crippen molar-refractivity contribution in [3.05, 3.63) is 59.7 Å². The Labute approximate surface area is 123 Å². The van der Waals surface area contributed by atoms with Crippen LogP contribution in [0.4, 0.5) is 16.2 Å². The van der Waals surface area contributed by atoms with Crippen molar-refractivity contribution in [2.24, 2.45) is 5.73 Å². The van der Waals surface area contributed by atoms with Crippen molar-refractivity contribution in [3.63, 3.8) is 0 Å². The van der Waals surface area contributed by atoms with Crippen LogP contribution in [-0.4, -0.2) is 12.0 Å². The van der Waals surface area contributed by atoms with Crippen LogP contribution in [0.2, 0.25) is 0 Å².